The summed E-state index contributed by atoms with van der Waals surface area (Å²) < 4.78 is 33.8. The first-order chi connectivity index (χ1) is 14.3. The highest BCUT2D eigenvalue weighted by Gasteiger charge is 2.36. The number of aryl methyl sites for hydroxylation is 1. The number of nitro benzene ring substituents is 1. The molecule has 2 heterocycles. The highest BCUT2D eigenvalue weighted by molar-refractivity contribution is 7.89. The van der Waals surface area contributed by atoms with E-state index in [1.165, 1.54) is 23.5 Å². The summed E-state index contributed by atoms with van der Waals surface area (Å²) in [7, 11) is -2.74. The molecular weight excluding hydrogens is 414 g/mol. The number of aromatic nitrogens is 2. The second-order valence-electron chi connectivity index (χ2n) is 6.84. The van der Waals surface area contributed by atoms with Gasteiger partial charge < -0.3 is 10.1 Å². The lowest BCUT2D eigenvalue weighted by Crippen LogP contribution is -2.41. The Kier molecular flexibility index (Phi) is 6.37. The second-order valence-corrected chi connectivity index (χ2v) is 8.75. The van der Waals surface area contributed by atoms with Gasteiger partial charge in [-0.2, -0.15) is 9.40 Å². The molecule has 11 nitrogen and oxygen atoms in total. The van der Waals surface area contributed by atoms with Crippen molar-refractivity contribution in [3.63, 3.8) is 0 Å². The largest absolute Gasteiger partial charge is 0.497 e. The Morgan fingerprint density at radius 3 is 2.63 bits per heavy atom. The van der Waals surface area contributed by atoms with E-state index in [4.69, 9.17) is 4.74 Å². The van der Waals surface area contributed by atoms with Crippen molar-refractivity contribution in [2.45, 2.75) is 31.2 Å². The molecule has 1 amide bonds. The Labute approximate surface area is 173 Å². The first kappa shape index (κ1) is 21.7. The lowest BCUT2D eigenvalue weighted by atomic mass is 9.97. The van der Waals surface area contributed by atoms with Crippen molar-refractivity contribution in [1.29, 1.82) is 0 Å². The predicted molar refractivity (Wildman–Crippen MR) is 108 cm³/mol. The van der Waals surface area contributed by atoms with Crippen LogP contribution in [-0.4, -0.2) is 53.5 Å². The third-order valence-corrected chi connectivity index (χ3v) is 6.98. The molecule has 2 aromatic rings. The van der Waals surface area contributed by atoms with E-state index in [1.807, 2.05) is 6.92 Å². The molecule has 1 fully saturated rings. The van der Waals surface area contributed by atoms with E-state index in [-0.39, 0.29) is 35.6 Å². The monoisotopic (exact) mass is 437 g/mol. The number of nitro groups is 1. The third-order valence-electron chi connectivity index (χ3n) is 5.03. The van der Waals surface area contributed by atoms with Gasteiger partial charge in [-0.05, 0) is 31.9 Å². The zero-order valence-corrected chi connectivity index (χ0v) is 17.5. The highest BCUT2D eigenvalue weighted by atomic mass is 32.2. The minimum absolute atomic E-state index is 0.0951. The molecule has 162 valence electrons. The van der Waals surface area contributed by atoms with Crippen molar-refractivity contribution in [1.82, 2.24) is 14.1 Å². The quantitative estimate of drug-likeness (QED) is 0.515. The van der Waals surface area contributed by atoms with E-state index in [0.717, 1.165) is 6.07 Å². The average molecular weight is 437 g/mol. The molecule has 0 spiro atoms. The molecule has 0 aliphatic carbocycles. The van der Waals surface area contributed by atoms with Crippen LogP contribution in [0.1, 0.15) is 19.8 Å². The molecule has 30 heavy (non-hydrogen) atoms. The summed E-state index contributed by atoms with van der Waals surface area (Å²) in [5, 5.41) is 18.3. The number of benzene rings is 1. The van der Waals surface area contributed by atoms with E-state index in [0.29, 0.717) is 25.1 Å². The minimum atomic E-state index is -4.08. The summed E-state index contributed by atoms with van der Waals surface area (Å²) in [6.07, 6.45) is 3.91. The smallest absolute Gasteiger partial charge is 0.293 e. The van der Waals surface area contributed by atoms with Crippen LogP contribution in [0, 0.1) is 16.0 Å². The van der Waals surface area contributed by atoms with Crippen LogP contribution in [0.2, 0.25) is 0 Å². The van der Waals surface area contributed by atoms with Crippen LogP contribution >= 0.6 is 0 Å². The van der Waals surface area contributed by atoms with Gasteiger partial charge in [0, 0.05) is 31.7 Å². The normalized spacial score (nSPS) is 15.7. The fraction of sp³-hybridized carbons (Fsp3) is 0.444. The second kappa shape index (κ2) is 8.79. The fourth-order valence-corrected chi connectivity index (χ4v) is 4.94. The zero-order chi connectivity index (χ0) is 21.9. The summed E-state index contributed by atoms with van der Waals surface area (Å²) in [5.41, 5.74) is 0.0490. The number of carbonyl (C=O) groups is 1. The third kappa shape index (κ3) is 4.44. The summed E-state index contributed by atoms with van der Waals surface area (Å²) in [5.74, 6) is -0.354. The van der Waals surface area contributed by atoms with Gasteiger partial charge in [-0.3, -0.25) is 19.6 Å². The van der Waals surface area contributed by atoms with Crippen LogP contribution in [0.5, 0.6) is 5.75 Å². The van der Waals surface area contributed by atoms with E-state index in [9.17, 15) is 23.3 Å². The predicted octanol–water partition coefficient (Wildman–Crippen LogP) is 1.86. The van der Waals surface area contributed by atoms with Crippen molar-refractivity contribution >= 4 is 27.3 Å². The van der Waals surface area contributed by atoms with Crippen LogP contribution in [0.4, 0.5) is 11.4 Å². The van der Waals surface area contributed by atoms with Crippen LogP contribution < -0.4 is 10.1 Å². The Hall–Kier alpha value is -2.99. The maximum atomic E-state index is 13.0. The van der Waals surface area contributed by atoms with Crippen molar-refractivity contribution < 1.29 is 22.9 Å². The van der Waals surface area contributed by atoms with Crippen molar-refractivity contribution in [3.8, 4) is 5.75 Å². The molecule has 1 aliphatic heterocycles. The molecule has 0 atom stereocenters. The number of amides is 1. The lowest BCUT2D eigenvalue weighted by molar-refractivity contribution is -0.387. The molecule has 1 aliphatic rings. The molecule has 1 aromatic heterocycles. The van der Waals surface area contributed by atoms with Gasteiger partial charge in [0.15, 0.2) is 4.90 Å². The summed E-state index contributed by atoms with van der Waals surface area (Å²) in [6.45, 7) is 2.81. The molecule has 1 aromatic carbocycles. The van der Waals surface area contributed by atoms with Crippen molar-refractivity contribution in [2.24, 2.45) is 5.92 Å². The molecule has 0 unspecified atom stereocenters. The molecular formula is C18H23N5O6S. The summed E-state index contributed by atoms with van der Waals surface area (Å²) >= 11 is 0. The van der Waals surface area contributed by atoms with Crippen molar-refractivity contribution in [3.05, 3.63) is 40.7 Å². The molecule has 0 bridgehead atoms. The van der Waals surface area contributed by atoms with Gasteiger partial charge >= 0.3 is 0 Å². The van der Waals surface area contributed by atoms with E-state index < -0.39 is 20.6 Å². The Balaban J connectivity index is 1.69. The number of piperidine rings is 1. The number of methoxy groups -OCH3 is 1. The zero-order valence-electron chi connectivity index (χ0n) is 16.6. The van der Waals surface area contributed by atoms with Crippen molar-refractivity contribution in [2.75, 3.05) is 25.5 Å². The first-order valence-electron chi connectivity index (χ1n) is 9.42. The van der Waals surface area contributed by atoms with Gasteiger partial charge in [0.05, 0.1) is 30.0 Å². The van der Waals surface area contributed by atoms with E-state index >= 15 is 0 Å². The van der Waals surface area contributed by atoms with E-state index in [2.05, 4.69) is 10.4 Å². The summed E-state index contributed by atoms with van der Waals surface area (Å²) in [6, 6.07) is 3.64. The molecule has 1 N–H and O–H groups in total. The van der Waals surface area contributed by atoms with Gasteiger partial charge in [0.25, 0.3) is 5.69 Å². The first-order valence-corrected chi connectivity index (χ1v) is 10.9. The highest BCUT2D eigenvalue weighted by Crippen LogP contribution is 2.32. The maximum Gasteiger partial charge on any atom is 0.293 e. The molecule has 1 saturated heterocycles. The number of sulfonamides is 1. The topological polar surface area (TPSA) is 137 Å². The molecule has 0 saturated carbocycles. The van der Waals surface area contributed by atoms with Crippen LogP contribution in [0.3, 0.4) is 0 Å². The van der Waals surface area contributed by atoms with Crippen LogP contribution in [0.25, 0.3) is 0 Å². The number of carbonyl (C=O) groups excluding carboxylic acids is 1. The average Bonchev–Trinajstić information content (AvgIpc) is 3.20. The number of anilines is 1. The van der Waals surface area contributed by atoms with Crippen LogP contribution in [0.15, 0.2) is 35.5 Å². The SMILES string of the molecule is CCn1cc(NC(=O)C2CCN(S(=O)(=O)c3ccc(OC)cc3[N+](=O)[O-])CC2)cn1. The number of nitrogens with zero attached hydrogens (tertiary/aromatic N) is 4. The lowest BCUT2D eigenvalue weighted by Gasteiger charge is -2.30. The number of hydrogen-bond acceptors (Lipinski definition) is 7. The Bertz CT molecular complexity index is 1040. The number of rotatable bonds is 7. The molecule has 3 rings (SSSR count). The minimum Gasteiger partial charge on any atom is -0.497 e. The number of ether oxygens (including phenoxy) is 1. The van der Waals surface area contributed by atoms with Gasteiger partial charge in [-0.25, -0.2) is 8.42 Å². The summed E-state index contributed by atoms with van der Waals surface area (Å²) in [4.78, 5) is 22.7. The van der Waals surface area contributed by atoms with E-state index in [1.54, 1.807) is 17.1 Å². The van der Waals surface area contributed by atoms with Gasteiger partial charge in [0.2, 0.25) is 15.9 Å². The Morgan fingerprint density at radius 1 is 1.37 bits per heavy atom. The fourth-order valence-electron chi connectivity index (χ4n) is 3.33. The molecule has 12 heteroatoms. The molecule has 0 radical (unpaired) electrons. The number of nitrogens with one attached hydrogen (secondary N) is 1. The number of hydrogen-bond donors (Lipinski definition) is 1. The van der Waals surface area contributed by atoms with Gasteiger partial charge in [-0.1, -0.05) is 0 Å². The Morgan fingerprint density at radius 2 is 2.07 bits per heavy atom. The maximum absolute atomic E-state index is 13.0. The van der Waals surface area contributed by atoms with Gasteiger partial charge in [0.1, 0.15) is 5.75 Å². The standard InChI is InChI=1S/C18H23N5O6S/c1-3-21-12-14(11-19-21)20-18(24)13-6-8-22(9-7-13)30(27,28)17-5-4-15(29-2)10-16(17)23(25)26/h4-5,10-13H,3,6-9H2,1-2H3,(H,20,24). The van der Waals surface area contributed by atoms with Crippen LogP contribution in [-0.2, 0) is 21.4 Å². The van der Waals surface area contributed by atoms with Gasteiger partial charge in [-0.15, -0.1) is 0 Å².